The maximum absolute atomic E-state index is 12.9. The van der Waals surface area contributed by atoms with Gasteiger partial charge in [-0.25, -0.2) is 13.8 Å². The van der Waals surface area contributed by atoms with Crippen LogP contribution >= 0.6 is 22.6 Å². The molecule has 20 heavy (non-hydrogen) atoms. The molecule has 0 atom stereocenters. The van der Waals surface area contributed by atoms with Gasteiger partial charge in [0.05, 0.1) is 18.6 Å². The van der Waals surface area contributed by atoms with Crippen molar-refractivity contribution in [3.05, 3.63) is 26.6 Å². The van der Waals surface area contributed by atoms with Crippen LogP contribution in [0.25, 0.3) is 0 Å². The summed E-state index contributed by atoms with van der Waals surface area (Å²) < 4.78 is 67.6. The second-order valence-corrected chi connectivity index (χ2v) is 4.67. The number of pyridine rings is 1. The van der Waals surface area contributed by atoms with Crippen LogP contribution in [0.15, 0.2) is 6.07 Å². The molecule has 1 aromatic rings. The maximum Gasteiger partial charge on any atom is 0.433 e. The van der Waals surface area contributed by atoms with Gasteiger partial charge in [0, 0.05) is 0 Å². The molecule has 0 fully saturated rings. The number of hydrogen-bond acceptors (Lipinski definition) is 3. The van der Waals surface area contributed by atoms with E-state index in [1.165, 1.54) is 29.5 Å². The van der Waals surface area contributed by atoms with Crippen molar-refractivity contribution in [3.8, 4) is 0 Å². The van der Waals surface area contributed by atoms with E-state index in [4.69, 9.17) is 0 Å². The predicted molar refractivity (Wildman–Crippen MR) is 67.3 cm³/mol. The summed E-state index contributed by atoms with van der Waals surface area (Å²) in [6.45, 7) is 1.51. The van der Waals surface area contributed by atoms with E-state index in [0.29, 0.717) is 6.07 Å². The molecule has 0 aliphatic carbocycles. The van der Waals surface area contributed by atoms with Gasteiger partial charge in [-0.1, -0.05) is 0 Å². The molecule has 1 rings (SSSR count). The number of alkyl halides is 5. The van der Waals surface area contributed by atoms with Gasteiger partial charge in [0.2, 0.25) is 0 Å². The zero-order valence-corrected chi connectivity index (χ0v) is 12.3. The zero-order chi connectivity index (χ0) is 15.5. The van der Waals surface area contributed by atoms with Gasteiger partial charge >= 0.3 is 12.1 Å². The fourth-order valence-electron chi connectivity index (χ4n) is 1.46. The summed E-state index contributed by atoms with van der Waals surface area (Å²) in [5, 5.41) is 0. The lowest BCUT2D eigenvalue weighted by molar-refractivity contribution is -0.143. The number of carbonyl (C=O) groups excluding carboxylic acids is 1. The van der Waals surface area contributed by atoms with Crippen LogP contribution in [-0.4, -0.2) is 17.6 Å². The molecule has 112 valence electrons. The lowest BCUT2D eigenvalue weighted by atomic mass is 10.1. The monoisotopic (exact) mass is 409 g/mol. The Kier molecular flexibility index (Phi) is 5.66. The smallest absolute Gasteiger partial charge is 0.433 e. The van der Waals surface area contributed by atoms with Crippen molar-refractivity contribution in [3.63, 3.8) is 0 Å². The Hall–Kier alpha value is -1.00. The molecule has 0 aliphatic heterocycles. The van der Waals surface area contributed by atoms with Gasteiger partial charge < -0.3 is 4.74 Å². The molecule has 3 nitrogen and oxygen atoms in total. The summed E-state index contributed by atoms with van der Waals surface area (Å²) in [5.74, 6) is -0.871. The minimum Gasteiger partial charge on any atom is -0.466 e. The van der Waals surface area contributed by atoms with Crippen molar-refractivity contribution in [1.29, 1.82) is 0 Å². The first kappa shape index (κ1) is 17.1. The van der Waals surface area contributed by atoms with Gasteiger partial charge in [-0.2, -0.15) is 13.2 Å². The predicted octanol–water partition coefficient (Wildman–Crippen LogP) is 3.75. The molecule has 0 saturated carbocycles. The molecule has 0 N–H and O–H groups in total. The van der Waals surface area contributed by atoms with E-state index in [-0.39, 0.29) is 6.61 Å². The first-order valence-electron chi connectivity index (χ1n) is 5.37. The number of halogens is 6. The second-order valence-electron chi connectivity index (χ2n) is 3.65. The average molecular weight is 409 g/mol. The third-order valence-corrected chi connectivity index (χ3v) is 3.07. The largest absolute Gasteiger partial charge is 0.466 e. The number of hydrogen-bond donors (Lipinski definition) is 0. The van der Waals surface area contributed by atoms with Crippen LogP contribution in [0, 0.1) is 3.70 Å². The summed E-state index contributed by atoms with van der Waals surface area (Å²) in [7, 11) is 0. The summed E-state index contributed by atoms with van der Waals surface area (Å²) >= 11 is 1.29. The van der Waals surface area contributed by atoms with E-state index >= 15 is 0 Å². The van der Waals surface area contributed by atoms with Crippen LogP contribution < -0.4 is 0 Å². The second kappa shape index (κ2) is 6.64. The third-order valence-electron chi connectivity index (χ3n) is 2.25. The third kappa shape index (κ3) is 4.25. The normalized spacial score (nSPS) is 11.8. The molecule has 0 radical (unpaired) electrons. The minimum atomic E-state index is -4.77. The van der Waals surface area contributed by atoms with Gasteiger partial charge in [-0.3, -0.25) is 4.79 Å². The molecular formula is C11H9F5INO2. The lowest BCUT2D eigenvalue weighted by Crippen LogP contribution is -2.16. The fourth-order valence-corrected chi connectivity index (χ4v) is 2.30. The standard InChI is InChI=1S/C11H9F5INO2/c1-2-20-7(19)4-5-3-6(11(14,15)16)18-10(17)8(5)9(12)13/h3,9H,2,4H2,1H3. The molecule has 0 bridgehead atoms. The number of nitrogens with zero attached hydrogens (tertiary/aromatic N) is 1. The highest BCUT2D eigenvalue weighted by Crippen LogP contribution is 2.34. The van der Waals surface area contributed by atoms with Gasteiger partial charge in [-0.15, -0.1) is 0 Å². The highest BCUT2D eigenvalue weighted by Gasteiger charge is 2.35. The maximum atomic E-state index is 12.9. The number of aromatic nitrogens is 1. The number of ether oxygens (including phenoxy) is 1. The van der Waals surface area contributed by atoms with E-state index in [1.807, 2.05) is 0 Å². The zero-order valence-electron chi connectivity index (χ0n) is 10.1. The molecule has 0 aromatic carbocycles. The number of esters is 1. The Labute approximate surface area is 124 Å². The molecule has 0 unspecified atom stereocenters. The van der Waals surface area contributed by atoms with Crippen LogP contribution in [0.5, 0.6) is 0 Å². The Morgan fingerprint density at radius 2 is 2.05 bits per heavy atom. The molecule has 0 saturated heterocycles. The molecular weight excluding hydrogens is 400 g/mol. The van der Waals surface area contributed by atoms with E-state index in [9.17, 15) is 26.7 Å². The lowest BCUT2D eigenvalue weighted by Gasteiger charge is -2.14. The van der Waals surface area contributed by atoms with Gasteiger partial charge in [0.25, 0.3) is 6.43 Å². The van der Waals surface area contributed by atoms with Gasteiger partial charge in [0.15, 0.2) is 0 Å². The molecule has 0 amide bonds. The van der Waals surface area contributed by atoms with Crippen molar-refractivity contribution >= 4 is 28.6 Å². The van der Waals surface area contributed by atoms with Crippen LogP contribution in [0.3, 0.4) is 0 Å². The quantitative estimate of drug-likeness (QED) is 0.329. The van der Waals surface area contributed by atoms with E-state index < -0.39 is 45.5 Å². The molecule has 0 aliphatic rings. The average Bonchev–Trinajstić information content (AvgIpc) is 2.26. The summed E-state index contributed by atoms with van der Waals surface area (Å²) in [6.07, 6.45) is -8.46. The van der Waals surface area contributed by atoms with Crippen molar-refractivity contribution < 1.29 is 31.5 Å². The van der Waals surface area contributed by atoms with Crippen molar-refractivity contribution in [1.82, 2.24) is 4.98 Å². The first-order valence-corrected chi connectivity index (χ1v) is 6.45. The summed E-state index contributed by atoms with van der Waals surface area (Å²) in [5.41, 5.74) is -2.41. The van der Waals surface area contributed by atoms with Crippen LogP contribution in [-0.2, 0) is 22.1 Å². The van der Waals surface area contributed by atoms with Crippen molar-refractivity contribution in [2.75, 3.05) is 6.61 Å². The Morgan fingerprint density at radius 3 is 2.50 bits per heavy atom. The Balaban J connectivity index is 3.29. The van der Waals surface area contributed by atoms with Crippen LogP contribution in [0.1, 0.15) is 30.2 Å². The van der Waals surface area contributed by atoms with Crippen molar-refractivity contribution in [2.45, 2.75) is 25.9 Å². The minimum absolute atomic E-state index is 0.0111. The van der Waals surface area contributed by atoms with E-state index in [0.717, 1.165) is 0 Å². The summed E-state index contributed by atoms with van der Waals surface area (Å²) in [4.78, 5) is 14.4. The summed E-state index contributed by atoms with van der Waals surface area (Å²) in [6, 6.07) is 0.459. The molecule has 1 aromatic heterocycles. The first-order chi connectivity index (χ1) is 9.16. The highest BCUT2D eigenvalue weighted by atomic mass is 127. The topological polar surface area (TPSA) is 39.2 Å². The molecule has 1 heterocycles. The number of carbonyl (C=O) groups is 1. The molecule has 9 heteroatoms. The van der Waals surface area contributed by atoms with E-state index in [1.54, 1.807) is 0 Å². The number of rotatable bonds is 4. The van der Waals surface area contributed by atoms with Crippen LogP contribution in [0.4, 0.5) is 22.0 Å². The molecule has 0 spiro atoms. The van der Waals surface area contributed by atoms with Gasteiger partial charge in [0.1, 0.15) is 9.39 Å². The van der Waals surface area contributed by atoms with E-state index in [2.05, 4.69) is 9.72 Å². The Bertz CT molecular complexity index is 504. The van der Waals surface area contributed by atoms with Gasteiger partial charge in [-0.05, 0) is 41.1 Å². The Morgan fingerprint density at radius 1 is 1.45 bits per heavy atom. The van der Waals surface area contributed by atoms with Crippen LogP contribution in [0.2, 0.25) is 0 Å². The van der Waals surface area contributed by atoms with Crippen molar-refractivity contribution in [2.24, 2.45) is 0 Å². The SMILES string of the molecule is CCOC(=O)Cc1cc(C(F)(F)F)nc(I)c1C(F)F. The fraction of sp³-hybridized carbons (Fsp3) is 0.455. The highest BCUT2D eigenvalue weighted by molar-refractivity contribution is 14.1.